The van der Waals surface area contributed by atoms with Crippen LogP contribution in [-0.4, -0.2) is 42.3 Å². The van der Waals surface area contributed by atoms with Gasteiger partial charge in [-0.05, 0) is 93.4 Å². The van der Waals surface area contributed by atoms with Crippen molar-refractivity contribution in [3.8, 4) is 5.97 Å². The zero-order chi connectivity index (χ0) is 25.2. The number of carbonyl (C=O) groups is 2. The third kappa shape index (κ3) is 5.94. The maximum Gasteiger partial charge on any atom is 0.410 e. The van der Waals surface area contributed by atoms with Crippen molar-refractivity contribution in [2.75, 3.05) is 18.4 Å². The second kappa shape index (κ2) is 9.99. The van der Waals surface area contributed by atoms with Crippen molar-refractivity contribution >= 4 is 30.0 Å². The molecule has 2 aromatic rings. The number of benzene rings is 2. The van der Waals surface area contributed by atoms with Gasteiger partial charge in [-0.1, -0.05) is 30.1 Å². The van der Waals surface area contributed by atoms with Crippen LogP contribution in [0.3, 0.4) is 0 Å². The number of amides is 2. The van der Waals surface area contributed by atoms with E-state index >= 15 is 0 Å². The Labute approximate surface area is 208 Å². The van der Waals surface area contributed by atoms with E-state index in [0.717, 1.165) is 41.5 Å². The second-order valence-electron chi connectivity index (χ2n) is 10.4. The molecule has 180 valence electrons. The van der Waals surface area contributed by atoms with Gasteiger partial charge >= 0.3 is 6.09 Å². The molecule has 0 fully saturated rings. The van der Waals surface area contributed by atoms with Gasteiger partial charge in [-0.3, -0.25) is 4.79 Å². The van der Waals surface area contributed by atoms with Crippen molar-refractivity contribution in [1.29, 1.82) is 5.26 Å². The van der Waals surface area contributed by atoms with Crippen LogP contribution >= 0.6 is 0 Å². The highest BCUT2D eigenvalue weighted by molar-refractivity contribution is 6.66. The van der Waals surface area contributed by atoms with E-state index in [1.807, 2.05) is 64.1 Å². The number of hydrogen-bond acceptors (Lipinski definition) is 4. The average molecular weight is 469 g/mol. The third-order valence-electron chi connectivity index (χ3n) is 6.57. The zero-order valence-electron chi connectivity index (χ0n) is 21.0. The first-order valence-electron chi connectivity index (χ1n) is 12.2. The molecule has 1 N–H and O–H groups in total. The number of rotatable bonds is 3. The van der Waals surface area contributed by atoms with E-state index < -0.39 is 5.60 Å². The van der Waals surface area contributed by atoms with Crippen LogP contribution in [0, 0.1) is 18.2 Å². The first-order chi connectivity index (χ1) is 16.6. The summed E-state index contributed by atoms with van der Waals surface area (Å²) in [4.78, 5) is 26.9. The lowest BCUT2D eigenvalue weighted by Gasteiger charge is -2.30. The zero-order valence-corrected chi connectivity index (χ0v) is 21.0. The quantitative estimate of drug-likeness (QED) is 0.605. The molecule has 0 bridgehead atoms. The van der Waals surface area contributed by atoms with Crippen molar-refractivity contribution in [2.45, 2.75) is 58.8 Å². The van der Waals surface area contributed by atoms with Crippen molar-refractivity contribution in [2.24, 2.45) is 0 Å². The summed E-state index contributed by atoms with van der Waals surface area (Å²) in [5.41, 5.74) is 6.59. The number of aryl methyl sites for hydroxylation is 2. The fourth-order valence-corrected chi connectivity index (χ4v) is 4.72. The van der Waals surface area contributed by atoms with E-state index in [4.69, 9.17) is 4.74 Å². The van der Waals surface area contributed by atoms with Crippen LogP contribution < -0.4 is 5.32 Å². The molecule has 2 amide bonds. The number of nitrogens with one attached hydrogen (secondary N) is 1. The molecule has 2 aliphatic rings. The second-order valence-corrected chi connectivity index (χ2v) is 10.4. The van der Waals surface area contributed by atoms with Crippen LogP contribution in [0.2, 0.25) is 6.32 Å². The van der Waals surface area contributed by atoms with Gasteiger partial charge in [0.15, 0.2) is 0 Å². The molecule has 0 saturated carbocycles. The molecule has 0 atom stereocenters. The lowest BCUT2D eigenvalue weighted by Crippen LogP contribution is -2.39. The van der Waals surface area contributed by atoms with Gasteiger partial charge in [-0.2, -0.15) is 0 Å². The van der Waals surface area contributed by atoms with Gasteiger partial charge in [-0.15, -0.1) is 0 Å². The summed E-state index contributed by atoms with van der Waals surface area (Å²) in [6.45, 7) is 8.81. The molecule has 7 heteroatoms. The van der Waals surface area contributed by atoms with E-state index in [2.05, 4.69) is 17.4 Å². The number of anilines is 1. The molecular weight excluding hydrogens is 437 g/mol. The minimum Gasteiger partial charge on any atom is -0.444 e. The normalized spacial score (nSPS) is 15.6. The molecule has 0 unspecified atom stereocenters. The predicted molar refractivity (Wildman–Crippen MR) is 140 cm³/mol. The van der Waals surface area contributed by atoms with E-state index in [0.29, 0.717) is 25.0 Å². The third-order valence-corrected chi connectivity index (χ3v) is 6.57. The highest BCUT2D eigenvalue weighted by Gasteiger charge is 2.25. The molecule has 0 aromatic heterocycles. The molecule has 2 aliphatic heterocycles. The summed E-state index contributed by atoms with van der Waals surface area (Å²) < 4.78 is 5.48. The van der Waals surface area contributed by atoms with Crippen LogP contribution in [0.5, 0.6) is 0 Å². The Hall–Kier alpha value is -3.53. The SMILES string of the molecule is Cc1cc(NC(=O)c2ccc3c(c2)CB(C#N)CC3)ccc1C1=CCN(C(=O)OC(C)(C)C)CC1. The highest BCUT2D eigenvalue weighted by atomic mass is 16.6. The number of fused-ring (bicyclic) bond motifs is 1. The van der Waals surface area contributed by atoms with Gasteiger partial charge in [-0.25, -0.2) is 10.1 Å². The Morgan fingerprint density at radius 2 is 1.91 bits per heavy atom. The molecule has 6 nitrogen and oxygen atoms in total. The number of nitriles is 1. The Morgan fingerprint density at radius 1 is 1.11 bits per heavy atom. The Balaban J connectivity index is 1.41. The van der Waals surface area contributed by atoms with Crippen molar-refractivity contribution in [3.63, 3.8) is 0 Å². The van der Waals surface area contributed by atoms with Gasteiger partial charge in [0.1, 0.15) is 5.60 Å². The van der Waals surface area contributed by atoms with Gasteiger partial charge < -0.3 is 15.0 Å². The summed E-state index contributed by atoms with van der Waals surface area (Å²) in [7, 11) is 0. The lowest BCUT2D eigenvalue weighted by molar-refractivity contribution is 0.0270. The molecule has 4 rings (SSSR count). The average Bonchev–Trinajstić information content (AvgIpc) is 2.82. The number of ether oxygens (including phenoxy) is 1. The first-order valence-corrected chi connectivity index (χ1v) is 12.2. The van der Waals surface area contributed by atoms with Crippen LogP contribution in [0.15, 0.2) is 42.5 Å². The summed E-state index contributed by atoms with van der Waals surface area (Å²) >= 11 is 0. The molecule has 0 aliphatic carbocycles. The Bertz CT molecular complexity index is 1220. The summed E-state index contributed by atoms with van der Waals surface area (Å²) in [5.74, 6) is 2.21. The first kappa shape index (κ1) is 24.6. The van der Waals surface area contributed by atoms with E-state index in [1.165, 1.54) is 11.1 Å². The van der Waals surface area contributed by atoms with Gasteiger partial charge in [0.25, 0.3) is 12.6 Å². The van der Waals surface area contributed by atoms with Crippen LogP contribution in [0.1, 0.15) is 59.8 Å². The fourth-order valence-electron chi connectivity index (χ4n) is 4.72. The van der Waals surface area contributed by atoms with Crippen LogP contribution in [-0.2, 0) is 17.5 Å². The van der Waals surface area contributed by atoms with E-state index in [9.17, 15) is 14.9 Å². The van der Waals surface area contributed by atoms with Gasteiger partial charge in [0.05, 0.1) is 0 Å². The van der Waals surface area contributed by atoms with Crippen molar-refractivity contribution in [3.05, 3.63) is 70.3 Å². The molecule has 2 aromatic carbocycles. The van der Waals surface area contributed by atoms with Crippen molar-refractivity contribution < 1.29 is 14.3 Å². The monoisotopic (exact) mass is 469 g/mol. The predicted octanol–water partition coefficient (Wildman–Crippen LogP) is 5.47. The maximum absolute atomic E-state index is 12.9. The molecule has 0 spiro atoms. The Kier molecular flexibility index (Phi) is 7.02. The van der Waals surface area contributed by atoms with Crippen molar-refractivity contribution in [1.82, 2.24) is 4.90 Å². The van der Waals surface area contributed by atoms with Gasteiger partial charge in [0.2, 0.25) is 0 Å². The summed E-state index contributed by atoms with van der Waals surface area (Å²) in [6, 6.07) is 11.8. The Morgan fingerprint density at radius 3 is 2.57 bits per heavy atom. The van der Waals surface area contributed by atoms with Crippen LogP contribution in [0.25, 0.3) is 5.57 Å². The number of nitrogens with zero attached hydrogens (tertiary/aromatic N) is 2. The standard InChI is InChI=1S/C28H32BN3O3/c1-19-15-24(31-26(33)22-6-5-20-9-12-29(18-30)17-23(20)16-22)7-8-25(19)21-10-13-32(14-11-21)27(34)35-28(2,3)4/h5-8,10,15-16H,9,11-14,17H2,1-4H3,(H,31,33). The number of carbonyl (C=O) groups excluding carboxylic acids is 2. The van der Waals surface area contributed by atoms with Crippen LogP contribution in [0.4, 0.5) is 10.5 Å². The summed E-state index contributed by atoms with van der Waals surface area (Å²) in [6.07, 6.45) is 5.03. The number of hydrogen-bond donors (Lipinski definition) is 1. The fraction of sp³-hybridized carbons (Fsp3) is 0.393. The maximum atomic E-state index is 12.9. The topological polar surface area (TPSA) is 82.4 Å². The van der Waals surface area contributed by atoms with Gasteiger partial charge in [0, 0.05) is 30.3 Å². The molecule has 35 heavy (non-hydrogen) atoms. The molecule has 0 saturated heterocycles. The molecular formula is C28H32BN3O3. The lowest BCUT2D eigenvalue weighted by atomic mass is 9.42. The molecule has 0 radical (unpaired) electrons. The minimum atomic E-state index is -0.504. The highest BCUT2D eigenvalue weighted by Crippen LogP contribution is 2.28. The van der Waals surface area contributed by atoms with E-state index in [1.54, 1.807) is 4.90 Å². The largest absolute Gasteiger partial charge is 0.444 e. The summed E-state index contributed by atoms with van der Waals surface area (Å²) in [5, 5.41) is 12.3. The molecule has 2 heterocycles. The smallest absolute Gasteiger partial charge is 0.410 e. The van der Waals surface area contributed by atoms with E-state index in [-0.39, 0.29) is 18.7 Å². The minimum absolute atomic E-state index is 0.0290.